The fourth-order valence-corrected chi connectivity index (χ4v) is 1.52. The normalized spacial score (nSPS) is 46.0. The summed E-state index contributed by atoms with van der Waals surface area (Å²) >= 11 is 0. The first-order valence-corrected chi connectivity index (χ1v) is 3.27. The van der Waals surface area contributed by atoms with Crippen LogP contribution in [0.15, 0.2) is 0 Å². The molecule has 1 aliphatic heterocycles. The van der Waals surface area contributed by atoms with E-state index in [-0.39, 0.29) is 0 Å². The second-order valence-electron chi connectivity index (χ2n) is 2.61. The molecule has 0 radical (unpaired) electrons. The van der Waals surface area contributed by atoms with E-state index in [1.165, 1.54) is 0 Å². The van der Waals surface area contributed by atoms with E-state index in [1.807, 2.05) is 0 Å². The van der Waals surface area contributed by atoms with E-state index in [4.69, 9.17) is 4.74 Å². The molecule has 2 aliphatic rings. The van der Waals surface area contributed by atoms with Crippen LogP contribution in [0.5, 0.6) is 0 Å². The van der Waals surface area contributed by atoms with Crippen LogP contribution in [-0.4, -0.2) is 24.7 Å². The minimum atomic E-state index is 0.312. The number of ether oxygens (including phenoxy) is 1. The third-order valence-corrected chi connectivity index (χ3v) is 2.06. The Balaban J connectivity index is 1.90. The molecule has 2 rings (SSSR count). The molecule has 3 heteroatoms. The highest BCUT2D eigenvalue weighted by atomic mass is 16.6. The van der Waals surface area contributed by atoms with Crippen LogP contribution in [0, 0.1) is 0 Å². The summed E-state index contributed by atoms with van der Waals surface area (Å²) in [5.74, 6) is 0. The van der Waals surface area contributed by atoms with Gasteiger partial charge in [-0.05, 0) is 12.8 Å². The zero-order valence-corrected chi connectivity index (χ0v) is 5.04. The molecular weight excluding hydrogens is 118 g/mol. The number of amides is 1. The van der Waals surface area contributed by atoms with Crippen LogP contribution in [0.1, 0.15) is 12.8 Å². The SMILES string of the molecule is O=CN[C@@H]1CC[C@@H]2O[C@@H]21. The third-order valence-electron chi connectivity index (χ3n) is 2.06. The summed E-state index contributed by atoms with van der Waals surface area (Å²) in [6.07, 6.45) is 3.80. The lowest BCUT2D eigenvalue weighted by Gasteiger charge is -2.06. The molecule has 1 saturated heterocycles. The van der Waals surface area contributed by atoms with Crippen molar-refractivity contribution in [1.82, 2.24) is 5.32 Å². The number of carbonyl (C=O) groups excluding carboxylic acids is 1. The van der Waals surface area contributed by atoms with Gasteiger partial charge in [0.25, 0.3) is 0 Å². The molecule has 0 aromatic carbocycles. The number of rotatable bonds is 2. The maximum atomic E-state index is 9.96. The first-order chi connectivity index (χ1) is 4.42. The molecule has 9 heavy (non-hydrogen) atoms. The van der Waals surface area contributed by atoms with Crippen LogP contribution in [0.25, 0.3) is 0 Å². The number of carbonyl (C=O) groups is 1. The molecule has 1 N–H and O–H groups in total. The molecule has 0 aromatic heterocycles. The van der Waals surface area contributed by atoms with Gasteiger partial charge in [0.05, 0.1) is 12.1 Å². The van der Waals surface area contributed by atoms with Gasteiger partial charge in [-0.1, -0.05) is 0 Å². The Morgan fingerprint density at radius 2 is 2.44 bits per heavy atom. The molecule has 2 fully saturated rings. The van der Waals surface area contributed by atoms with Crippen molar-refractivity contribution in [3.63, 3.8) is 0 Å². The number of epoxide rings is 1. The zero-order valence-electron chi connectivity index (χ0n) is 5.04. The van der Waals surface area contributed by atoms with E-state index in [2.05, 4.69) is 5.32 Å². The highest BCUT2D eigenvalue weighted by Gasteiger charge is 2.49. The summed E-state index contributed by atoms with van der Waals surface area (Å²) in [7, 11) is 0. The minimum Gasteiger partial charge on any atom is -0.367 e. The third kappa shape index (κ3) is 0.721. The summed E-state index contributed by atoms with van der Waals surface area (Å²) in [6, 6.07) is 0.312. The van der Waals surface area contributed by atoms with Crippen molar-refractivity contribution in [3.8, 4) is 0 Å². The van der Waals surface area contributed by atoms with E-state index in [0.29, 0.717) is 18.2 Å². The number of nitrogens with one attached hydrogen (secondary N) is 1. The second-order valence-corrected chi connectivity index (χ2v) is 2.61. The molecule has 1 saturated carbocycles. The molecule has 0 unspecified atom stereocenters. The molecule has 0 bridgehead atoms. The van der Waals surface area contributed by atoms with Gasteiger partial charge in [-0.2, -0.15) is 0 Å². The van der Waals surface area contributed by atoms with Crippen LogP contribution < -0.4 is 5.32 Å². The van der Waals surface area contributed by atoms with E-state index in [0.717, 1.165) is 19.3 Å². The van der Waals surface area contributed by atoms with Crippen molar-refractivity contribution >= 4 is 6.41 Å². The van der Waals surface area contributed by atoms with Crippen LogP contribution in [0.4, 0.5) is 0 Å². The van der Waals surface area contributed by atoms with Gasteiger partial charge in [0.2, 0.25) is 6.41 Å². The molecule has 0 spiro atoms. The van der Waals surface area contributed by atoms with Gasteiger partial charge in [0.1, 0.15) is 6.10 Å². The van der Waals surface area contributed by atoms with E-state index in [9.17, 15) is 4.79 Å². The van der Waals surface area contributed by atoms with Gasteiger partial charge in [0, 0.05) is 0 Å². The fourth-order valence-electron chi connectivity index (χ4n) is 1.52. The summed E-state index contributed by atoms with van der Waals surface area (Å²) in [6.45, 7) is 0. The maximum absolute atomic E-state index is 9.96. The summed E-state index contributed by atoms with van der Waals surface area (Å²) in [5, 5.41) is 2.73. The van der Waals surface area contributed by atoms with Crippen LogP contribution in [-0.2, 0) is 9.53 Å². The zero-order chi connectivity index (χ0) is 6.27. The minimum absolute atomic E-state index is 0.312. The van der Waals surface area contributed by atoms with Crippen LogP contribution in [0.2, 0.25) is 0 Å². The Morgan fingerprint density at radius 3 is 2.89 bits per heavy atom. The highest BCUT2D eigenvalue weighted by Crippen LogP contribution is 2.38. The molecule has 1 aliphatic carbocycles. The van der Waals surface area contributed by atoms with Crippen molar-refractivity contribution in [3.05, 3.63) is 0 Å². The smallest absolute Gasteiger partial charge is 0.207 e. The van der Waals surface area contributed by atoms with E-state index < -0.39 is 0 Å². The summed E-state index contributed by atoms with van der Waals surface area (Å²) in [4.78, 5) is 9.96. The topological polar surface area (TPSA) is 41.6 Å². The Labute approximate surface area is 53.4 Å². The Hall–Kier alpha value is -0.570. The van der Waals surface area contributed by atoms with Crippen molar-refractivity contribution in [2.45, 2.75) is 31.1 Å². The van der Waals surface area contributed by atoms with Crippen LogP contribution >= 0.6 is 0 Å². The highest BCUT2D eigenvalue weighted by molar-refractivity contribution is 5.47. The quantitative estimate of drug-likeness (QED) is 0.407. The average Bonchev–Trinajstić information content (AvgIpc) is 2.54. The predicted octanol–water partition coefficient (Wildman–Crippen LogP) is -0.338. The Morgan fingerprint density at radius 1 is 1.56 bits per heavy atom. The van der Waals surface area contributed by atoms with Crippen molar-refractivity contribution < 1.29 is 9.53 Å². The van der Waals surface area contributed by atoms with Gasteiger partial charge in [-0.3, -0.25) is 4.79 Å². The van der Waals surface area contributed by atoms with Crippen molar-refractivity contribution in [2.24, 2.45) is 0 Å². The summed E-state index contributed by atoms with van der Waals surface area (Å²) < 4.78 is 5.20. The van der Waals surface area contributed by atoms with Gasteiger partial charge in [-0.15, -0.1) is 0 Å². The van der Waals surface area contributed by atoms with Gasteiger partial charge in [-0.25, -0.2) is 0 Å². The predicted molar refractivity (Wildman–Crippen MR) is 30.9 cm³/mol. The first kappa shape index (κ1) is 5.23. The second kappa shape index (κ2) is 1.70. The Kier molecular flexibility index (Phi) is 0.990. The standard InChI is InChI=1S/C6H9NO2/c8-3-7-4-1-2-5-6(4)9-5/h3-6H,1-2H2,(H,7,8)/t4-,5+,6-/m1/s1. The lowest BCUT2D eigenvalue weighted by Crippen LogP contribution is -2.30. The monoisotopic (exact) mass is 127 g/mol. The van der Waals surface area contributed by atoms with Crippen LogP contribution in [0.3, 0.4) is 0 Å². The van der Waals surface area contributed by atoms with Gasteiger partial charge in [0.15, 0.2) is 0 Å². The molecule has 3 atom stereocenters. The molecule has 50 valence electrons. The molecule has 3 nitrogen and oxygen atoms in total. The van der Waals surface area contributed by atoms with E-state index in [1.54, 1.807) is 0 Å². The summed E-state index contributed by atoms with van der Waals surface area (Å²) in [5.41, 5.74) is 0. The number of fused-ring (bicyclic) bond motifs is 1. The van der Waals surface area contributed by atoms with Gasteiger partial charge < -0.3 is 10.1 Å². The fraction of sp³-hybridized carbons (Fsp3) is 0.833. The molecule has 1 heterocycles. The largest absolute Gasteiger partial charge is 0.367 e. The Bertz CT molecular complexity index is 137. The van der Waals surface area contributed by atoms with Crippen molar-refractivity contribution in [2.75, 3.05) is 0 Å². The lowest BCUT2D eigenvalue weighted by molar-refractivity contribution is -0.110. The number of hydrogen-bond acceptors (Lipinski definition) is 2. The van der Waals surface area contributed by atoms with E-state index >= 15 is 0 Å². The molecule has 0 aromatic rings. The van der Waals surface area contributed by atoms with Gasteiger partial charge >= 0.3 is 0 Å². The average molecular weight is 127 g/mol. The first-order valence-electron chi connectivity index (χ1n) is 3.27. The lowest BCUT2D eigenvalue weighted by atomic mass is 10.2. The van der Waals surface area contributed by atoms with Crippen molar-refractivity contribution in [1.29, 1.82) is 0 Å². The molecule has 1 amide bonds. The maximum Gasteiger partial charge on any atom is 0.207 e. The number of hydrogen-bond donors (Lipinski definition) is 1. The molecular formula is C6H9NO2.